The van der Waals surface area contributed by atoms with E-state index in [-0.39, 0.29) is 17.5 Å². The number of carbonyl (C=O) groups excluding carboxylic acids is 2. The summed E-state index contributed by atoms with van der Waals surface area (Å²) in [6, 6.07) is 17.0. The van der Waals surface area contributed by atoms with Crippen LogP contribution in [0.3, 0.4) is 0 Å². The summed E-state index contributed by atoms with van der Waals surface area (Å²) in [7, 11) is 0. The minimum absolute atomic E-state index is 0.284. The number of thioether (sulfide) groups is 2. The normalized spacial score (nSPS) is 10.6. The van der Waals surface area contributed by atoms with Crippen molar-refractivity contribution in [1.29, 1.82) is 0 Å². The maximum absolute atomic E-state index is 12.8. The fourth-order valence-electron chi connectivity index (χ4n) is 3.00. The van der Waals surface area contributed by atoms with E-state index in [9.17, 15) is 9.59 Å². The van der Waals surface area contributed by atoms with Gasteiger partial charge in [0.25, 0.3) is 11.8 Å². The van der Waals surface area contributed by atoms with E-state index in [0.717, 1.165) is 20.7 Å². The van der Waals surface area contributed by atoms with E-state index in [2.05, 4.69) is 21.7 Å². The molecule has 0 radical (unpaired) electrons. The molecule has 1 heterocycles. The van der Waals surface area contributed by atoms with Gasteiger partial charge in [-0.25, -0.2) is 0 Å². The van der Waals surface area contributed by atoms with E-state index >= 15 is 0 Å². The summed E-state index contributed by atoms with van der Waals surface area (Å²) in [5.74, 6) is -0.583. The second-order valence-electron chi connectivity index (χ2n) is 6.26. The molecule has 0 saturated heterocycles. The first-order valence-corrected chi connectivity index (χ1v) is 11.6. The predicted octanol–water partition coefficient (Wildman–Crippen LogP) is 4.15. The Kier molecular flexibility index (Phi) is 7.43. The van der Waals surface area contributed by atoms with E-state index < -0.39 is 0 Å². The number of rotatable bonds is 8. The minimum Gasteiger partial charge on any atom is -0.361 e. The highest BCUT2D eigenvalue weighted by Crippen LogP contribution is 2.26. The maximum Gasteiger partial charge on any atom is 0.269 e. The molecule has 2 aromatic carbocycles. The summed E-state index contributed by atoms with van der Waals surface area (Å²) in [4.78, 5) is 28.6. The molecule has 0 aliphatic rings. The molecule has 0 atom stereocenters. The molecule has 0 unspecified atom stereocenters. The van der Waals surface area contributed by atoms with Crippen LogP contribution in [0.25, 0.3) is 10.9 Å². The fraction of sp³-hybridized carbons (Fsp3) is 0.182. The lowest BCUT2D eigenvalue weighted by Gasteiger charge is -2.14. The zero-order chi connectivity index (χ0) is 20.6. The number of fused-ring (bicyclic) bond motifs is 1. The third kappa shape index (κ3) is 5.25. The number of nitrogens with one attached hydrogen (secondary N) is 3. The molecule has 3 aromatic rings. The van der Waals surface area contributed by atoms with Crippen molar-refractivity contribution >= 4 is 46.2 Å². The summed E-state index contributed by atoms with van der Waals surface area (Å²) in [6.45, 7) is 0.474. The standard InChI is InChI=1S/C22H23N3O2S2/c1-28-22(29-2)19(25-20(26)15-8-4-3-5-9-15)21(27)23-13-12-16-14-24-18-11-7-6-10-17(16)18/h3-11,14,24H,12-13H2,1-2H3,(H,23,27)(H,25,26). The molecule has 29 heavy (non-hydrogen) atoms. The molecule has 7 heteroatoms. The Morgan fingerprint density at radius 3 is 2.38 bits per heavy atom. The van der Waals surface area contributed by atoms with Crippen LogP contribution < -0.4 is 10.6 Å². The fourth-order valence-corrected chi connectivity index (χ4v) is 4.36. The Morgan fingerprint density at radius 2 is 1.66 bits per heavy atom. The van der Waals surface area contributed by atoms with Gasteiger partial charge in [-0.05, 0) is 42.7 Å². The smallest absolute Gasteiger partial charge is 0.269 e. The first kappa shape index (κ1) is 21.1. The topological polar surface area (TPSA) is 74.0 Å². The predicted molar refractivity (Wildman–Crippen MR) is 123 cm³/mol. The number of hydrogen-bond acceptors (Lipinski definition) is 4. The lowest BCUT2D eigenvalue weighted by atomic mass is 10.1. The van der Waals surface area contributed by atoms with Gasteiger partial charge in [0, 0.05) is 29.2 Å². The molecule has 1 aromatic heterocycles. The van der Waals surface area contributed by atoms with Gasteiger partial charge >= 0.3 is 0 Å². The third-order valence-electron chi connectivity index (χ3n) is 4.43. The van der Waals surface area contributed by atoms with Crippen LogP contribution in [0.4, 0.5) is 0 Å². The SMILES string of the molecule is CSC(SC)=C(NC(=O)c1ccccc1)C(=O)NCCc1c[nH]c2ccccc12. The zero-order valence-electron chi connectivity index (χ0n) is 16.3. The first-order valence-electron chi connectivity index (χ1n) is 9.16. The molecular formula is C22H23N3O2S2. The van der Waals surface area contributed by atoms with Gasteiger partial charge in [0.05, 0.1) is 4.24 Å². The first-order chi connectivity index (χ1) is 14.1. The van der Waals surface area contributed by atoms with Crippen molar-refractivity contribution in [1.82, 2.24) is 15.6 Å². The highest BCUT2D eigenvalue weighted by atomic mass is 32.2. The molecule has 0 aliphatic carbocycles. The van der Waals surface area contributed by atoms with E-state index in [0.29, 0.717) is 18.5 Å². The molecule has 2 amide bonds. The van der Waals surface area contributed by atoms with Gasteiger partial charge in [-0.15, -0.1) is 23.5 Å². The monoisotopic (exact) mass is 425 g/mol. The Labute approximate surface area is 178 Å². The van der Waals surface area contributed by atoms with Crippen LogP contribution in [-0.4, -0.2) is 35.9 Å². The summed E-state index contributed by atoms with van der Waals surface area (Å²) in [6.07, 6.45) is 6.45. The van der Waals surface area contributed by atoms with Crippen LogP contribution in [0.15, 0.2) is 70.7 Å². The number of H-pyrrole nitrogens is 1. The number of hydrogen-bond donors (Lipinski definition) is 3. The largest absolute Gasteiger partial charge is 0.361 e. The van der Waals surface area contributed by atoms with E-state index in [1.165, 1.54) is 23.5 Å². The van der Waals surface area contributed by atoms with Gasteiger partial charge in [0.15, 0.2) is 0 Å². The molecular weight excluding hydrogens is 402 g/mol. The van der Waals surface area contributed by atoms with Gasteiger partial charge in [0.1, 0.15) is 5.70 Å². The van der Waals surface area contributed by atoms with E-state index in [1.807, 2.05) is 43.0 Å². The Morgan fingerprint density at radius 1 is 0.966 bits per heavy atom. The van der Waals surface area contributed by atoms with Crippen LogP contribution in [-0.2, 0) is 11.2 Å². The Hall–Kier alpha value is -2.64. The summed E-state index contributed by atoms with van der Waals surface area (Å²) < 4.78 is 0.763. The van der Waals surface area contributed by atoms with Crippen molar-refractivity contribution in [2.24, 2.45) is 0 Å². The van der Waals surface area contributed by atoms with Crippen LogP contribution in [0, 0.1) is 0 Å². The van der Waals surface area contributed by atoms with Gasteiger partial charge in [0.2, 0.25) is 0 Å². The lowest BCUT2D eigenvalue weighted by molar-refractivity contribution is -0.117. The second-order valence-corrected chi connectivity index (χ2v) is 8.15. The quantitative estimate of drug-likeness (QED) is 0.474. The molecule has 0 bridgehead atoms. The number of aromatic amines is 1. The molecule has 0 fully saturated rings. The van der Waals surface area contributed by atoms with Crippen LogP contribution >= 0.6 is 23.5 Å². The van der Waals surface area contributed by atoms with Crippen LogP contribution in [0.5, 0.6) is 0 Å². The maximum atomic E-state index is 12.8. The summed E-state index contributed by atoms with van der Waals surface area (Å²) >= 11 is 2.88. The van der Waals surface area contributed by atoms with Crippen LogP contribution in [0.1, 0.15) is 15.9 Å². The van der Waals surface area contributed by atoms with Crippen molar-refractivity contribution in [3.05, 3.63) is 81.9 Å². The molecule has 0 aliphatic heterocycles. The Bertz CT molecular complexity index is 1020. The highest BCUT2D eigenvalue weighted by molar-refractivity contribution is 8.21. The van der Waals surface area contributed by atoms with E-state index in [4.69, 9.17) is 0 Å². The zero-order valence-corrected chi connectivity index (χ0v) is 18.0. The number of aromatic nitrogens is 1. The molecule has 3 rings (SSSR count). The minimum atomic E-state index is -0.298. The van der Waals surface area contributed by atoms with Crippen molar-refractivity contribution in [2.75, 3.05) is 19.1 Å². The van der Waals surface area contributed by atoms with Gasteiger partial charge in [-0.1, -0.05) is 36.4 Å². The molecule has 3 N–H and O–H groups in total. The number of benzene rings is 2. The van der Waals surface area contributed by atoms with Crippen molar-refractivity contribution < 1.29 is 9.59 Å². The molecule has 150 valence electrons. The molecule has 5 nitrogen and oxygen atoms in total. The van der Waals surface area contributed by atoms with E-state index in [1.54, 1.807) is 24.3 Å². The third-order valence-corrected chi connectivity index (χ3v) is 6.58. The number of carbonyl (C=O) groups is 2. The summed E-state index contributed by atoms with van der Waals surface area (Å²) in [5.41, 5.74) is 3.03. The van der Waals surface area contributed by atoms with Crippen molar-refractivity contribution in [2.45, 2.75) is 6.42 Å². The van der Waals surface area contributed by atoms with Gasteiger partial charge < -0.3 is 15.6 Å². The van der Waals surface area contributed by atoms with Crippen molar-refractivity contribution in [3.63, 3.8) is 0 Å². The van der Waals surface area contributed by atoms with Gasteiger partial charge in [-0.3, -0.25) is 9.59 Å². The molecule has 0 spiro atoms. The Balaban J connectivity index is 1.68. The lowest BCUT2D eigenvalue weighted by Crippen LogP contribution is -2.36. The highest BCUT2D eigenvalue weighted by Gasteiger charge is 2.18. The van der Waals surface area contributed by atoms with Crippen LogP contribution in [0.2, 0.25) is 0 Å². The van der Waals surface area contributed by atoms with Crippen molar-refractivity contribution in [3.8, 4) is 0 Å². The average molecular weight is 426 g/mol. The molecule has 0 saturated carbocycles. The number of amides is 2. The number of para-hydroxylation sites is 1. The van der Waals surface area contributed by atoms with Gasteiger partial charge in [-0.2, -0.15) is 0 Å². The second kappa shape index (κ2) is 10.2. The average Bonchev–Trinajstić information content (AvgIpc) is 3.17. The summed E-state index contributed by atoms with van der Waals surface area (Å²) in [5, 5.41) is 6.89.